The van der Waals surface area contributed by atoms with Crippen LogP contribution in [0.4, 0.5) is 14.5 Å². The van der Waals surface area contributed by atoms with Gasteiger partial charge in [0.05, 0.1) is 13.5 Å². The maximum absolute atomic E-state index is 14.5. The van der Waals surface area contributed by atoms with Crippen molar-refractivity contribution in [3.8, 4) is 17.2 Å². The second-order valence-corrected chi connectivity index (χ2v) is 7.02. The van der Waals surface area contributed by atoms with Gasteiger partial charge < -0.3 is 14.8 Å². The zero-order valence-electron chi connectivity index (χ0n) is 16.9. The Labute approximate surface area is 173 Å². The molecule has 156 valence electrons. The van der Waals surface area contributed by atoms with Crippen molar-refractivity contribution >= 4 is 11.6 Å². The van der Waals surface area contributed by atoms with Crippen LogP contribution in [0.1, 0.15) is 30.9 Å². The molecule has 1 aromatic heterocycles. The number of ether oxygens (including phenoxy) is 2. The van der Waals surface area contributed by atoms with E-state index in [0.717, 1.165) is 17.7 Å². The number of pyridine rings is 1. The summed E-state index contributed by atoms with van der Waals surface area (Å²) in [5.41, 5.74) is 1.55. The summed E-state index contributed by atoms with van der Waals surface area (Å²) in [7, 11) is 1.56. The summed E-state index contributed by atoms with van der Waals surface area (Å²) >= 11 is 0. The van der Waals surface area contributed by atoms with E-state index in [-0.39, 0.29) is 23.8 Å². The number of hydrogen-bond donors (Lipinski definition) is 1. The van der Waals surface area contributed by atoms with E-state index in [0.29, 0.717) is 11.3 Å². The van der Waals surface area contributed by atoms with E-state index in [1.807, 2.05) is 13.8 Å². The van der Waals surface area contributed by atoms with Crippen LogP contribution < -0.4 is 14.8 Å². The van der Waals surface area contributed by atoms with Gasteiger partial charge in [0, 0.05) is 35.8 Å². The zero-order valence-corrected chi connectivity index (χ0v) is 16.9. The predicted octanol–water partition coefficient (Wildman–Crippen LogP) is 5.47. The van der Waals surface area contributed by atoms with Crippen molar-refractivity contribution in [3.63, 3.8) is 0 Å². The highest BCUT2D eigenvalue weighted by atomic mass is 19.1. The Balaban J connectivity index is 1.76. The lowest BCUT2D eigenvalue weighted by Crippen LogP contribution is -2.15. The van der Waals surface area contributed by atoms with Crippen LogP contribution in [0, 0.1) is 11.6 Å². The lowest BCUT2D eigenvalue weighted by atomic mass is 10.0. The molecule has 0 atom stereocenters. The second-order valence-electron chi connectivity index (χ2n) is 7.02. The summed E-state index contributed by atoms with van der Waals surface area (Å²) in [6.07, 6.45) is 3.19. The monoisotopic (exact) mass is 412 g/mol. The molecule has 3 rings (SSSR count). The van der Waals surface area contributed by atoms with Crippen LogP contribution in [0.25, 0.3) is 0 Å². The fourth-order valence-corrected chi connectivity index (χ4v) is 2.97. The molecule has 0 fully saturated rings. The highest BCUT2D eigenvalue weighted by Crippen LogP contribution is 2.35. The van der Waals surface area contributed by atoms with E-state index in [1.54, 1.807) is 49.8 Å². The van der Waals surface area contributed by atoms with E-state index in [2.05, 4.69) is 10.3 Å². The van der Waals surface area contributed by atoms with Gasteiger partial charge in [-0.25, -0.2) is 8.78 Å². The van der Waals surface area contributed by atoms with Gasteiger partial charge in [-0.05, 0) is 35.7 Å². The first-order chi connectivity index (χ1) is 14.4. The van der Waals surface area contributed by atoms with Gasteiger partial charge in [-0.1, -0.05) is 19.9 Å². The van der Waals surface area contributed by atoms with Crippen molar-refractivity contribution in [1.82, 2.24) is 4.98 Å². The Bertz CT molecular complexity index is 1020. The molecule has 1 N–H and O–H groups in total. The summed E-state index contributed by atoms with van der Waals surface area (Å²) in [4.78, 5) is 16.0. The van der Waals surface area contributed by atoms with E-state index >= 15 is 0 Å². The number of nitrogens with zero attached hydrogens (tertiary/aromatic N) is 1. The molecule has 5 nitrogen and oxygen atoms in total. The van der Waals surface area contributed by atoms with Crippen LogP contribution in [-0.4, -0.2) is 18.0 Å². The van der Waals surface area contributed by atoms with Gasteiger partial charge in [0.2, 0.25) is 5.91 Å². The third kappa shape index (κ3) is 5.11. The van der Waals surface area contributed by atoms with Gasteiger partial charge in [0.15, 0.2) is 17.4 Å². The molecule has 3 aromatic rings. The molecule has 0 bridgehead atoms. The predicted molar refractivity (Wildman–Crippen MR) is 110 cm³/mol. The van der Waals surface area contributed by atoms with E-state index in [1.165, 1.54) is 0 Å². The molecule has 0 saturated heterocycles. The fraction of sp³-hybridized carbons (Fsp3) is 0.217. The van der Waals surface area contributed by atoms with Crippen molar-refractivity contribution in [3.05, 3.63) is 77.6 Å². The normalized spacial score (nSPS) is 10.7. The third-order valence-corrected chi connectivity index (χ3v) is 4.41. The van der Waals surface area contributed by atoms with E-state index in [4.69, 9.17) is 9.47 Å². The first-order valence-electron chi connectivity index (χ1n) is 9.41. The number of anilines is 1. The van der Waals surface area contributed by atoms with Crippen LogP contribution in [0.2, 0.25) is 0 Å². The Morgan fingerprint density at radius 3 is 2.47 bits per heavy atom. The molecule has 7 heteroatoms. The minimum Gasteiger partial charge on any atom is -0.496 e. The first kappa shape index (κ1) is 21.2. The molecule has 1 heterocycles. The van der Waals surface area contributed by atoms with Gasteiger partial charge in [-0.15, -0.1) is 0 Å². The molecule has 0 saturated carbocycles. The Morgan fingerprint density at radius 2 is 1.87 bits per heavy atom. The van der Waals surface area contributed by atoms with Crippen LogP contribution in [0.15, 0.2) is 54.9 Å². The third-order valence-electron chi connectivity index (χ3n) is 4.41. The van der Waals surface area contributed by atoms with Crippen molar-refractivity contribution < 1.29 is 23.0 Å². The van der Waals surface area contributed by atoms with Crippen LogP contribution in [-0.2, 0) is 11.2 Å². The second kappa shape index (κ2) is 9.35. The average molecular weight is 412 g/mol. The van der Waals surface area contributed by atoms with Crippen molar-refractivity contribution in [2.75, 3.05) is 12.4 Å². The molecule has 0 aliphatic heterocycles. The highest BCUT2D eigenvalue weighted by Gasteiger charge is 2.17. The minimum atomic E-state index is -0.923. The zero-order chi connectivity index (χ0) is 21.7. The number of methoxy groups -OCH3 is 1. The van der Waals surface area contributed by atoms with E-state index < -0.39 is 23.3 Å². The van der Waals surface area contributed by atoms with Gasteiger partial charge in [0.1, 0.15) is 11.5 Å². The fourth-order valence-electron chi connectivity index (χ4n) is 2.97. The summed E-state index contributed by atoms with van der Waals surface area (Å²) in [5, 5.41) is 2.48. The highest BCUT2D eigenvalue weighted by molar-refractivity contribution is 5.92. The Kier molecular flexibility index (Phi) is 6.61. The number of carbonyl (C=O) groups excluding carboxylic acids is 1. The van der Waals surface area contributed by atoms with E-state index in [9.17, 15) is 13.6 Å². The number of halogens is 2. The number of amides is 1. The summed E-state index contributed by atoms with van der Waals surface area (Å²) < 4.78 is 39.8. The number of aromatic nitrogens is 1. The van der Waals surface area contributed by atoms with Crippen molar-refractivity contribution in [1.29, 1.82) is 0 Å². The van der Waals surface area contributed by atoms with Gasteiger partial charge >= 0.3 is 0 Å². The number of nitrogens with one attached hydrogen (secondary N) is 1. The molecule has 0 unspecified atom stereocenters. The molecule has 2 aromatic carbocycles. The molecule has 30 heavy (non-hydrogen) atoms. The lowest BCUT2D eigenvalue weighted by Gasteiger charge is -2.15. The van der Waals surface area contributed by atoms with Gasteiger partial charge in [-0.3, -0.25) is 9.78 Å². The molecule has 1 amide bonds. The molecule has 0 aliphatic carbocycles. The Hall–Kier alpha value is -3.48. The average Bonchev–Trinajstić information content (AvgIpc) is 2.71. The van der Waals surface area contributed by atoms with Crippen LogP contribution in [0.5, 0.6) is 17.2 Å². The molecular weight excluding hydrogens is 390 g/mol. The molecule has 0 spiro atoms. The lowest BCUT2D eigenvalue weighted by molar-refractivity contribution is -0.115. The van der Waals surface area contributed by atoms with Crippen LogP contribution >= 0.6 is 0 Å². The first-order valence-corrected chi connectivity index (χ1v) is 9.41. The summed E-state index contributed by atoms with van der Waals surface area (Å²) in [6.45, 7) is 3.96. The SMILES string of the molecule is COc1ccc(Oc2c(F)cc(NC(=O)Cc3cccnc3)cc2F)cc1C(C)C. The largest absolute Gasteiger partial charge is 0.496 e. The molecule has 0 aliphatic rings. The van der Waals surface area contributed by atoms with Crippen molar-refractivity contribution in [2.24, 2.45) is 0 Å². The smallest absolute Gasteiger partial charge is 0.228 e. The summed E-state index contributed by atoms with van der Waals surface area (Å²) in [6, 6.07) is 10.4. The maximum atomic E-state index is 14.5. The number of rotatable bonds is 7. The number of hydrogen-bond acceptors (Lipinski definition) is 4. The van der Waals surface area contributed by atoms with Gasteiger partial charge in [0.25, 0.3) is 0 Å². The maximum Gasteiger partial charge on any atom is 0.228 e. The van der Waals surface area contributed by atoms with Crippen molar-refractivity contribution in [2.45, 2.75) is 26.2 Å². The minimum absolute atomic E-state index is 0.00356. The molecule has 0 radical (unpaired) electrons. The molecular formula is C23H22F2N2O3. The van der Waals surface area contributed by atoms with Gasteiger partial charge in [-0.2, -0.15) is 0 Å². The number of carbonyl (C=O) groups is 1. The topological polar surface area (TPSA) is 60.5 Å². The number of benzene rings is 2. The van der Waals surface area contributed by atoms with Crippen LogP contribution in [0.3, 0.4) is 0 Å². The summed E-state index contributed by atoms with van der Waals surface area (Å²) in [5.74, 6) is -1.71. The Morgan fingerprint density at radius 1 is 1.13 bits per heavy atom. The quantitative estimate of drug-likeness (QED) is 0.559. The standard InChI is InChI=1S/C23H22F2N2O3/c1-14(2)18-12-17(6-7-21(18)29-3)30-23-19(24)10-16(11-20(23)25)27-22(28)9-15-5-4-8-26-13-15/h4-8,10-14H,9H2,1-3H3,(H,27,28).